The molecule has 1 N–H and O–H groups in total. The van der Waals surface area contributed by atoms with Gasteiger partial charge in [0.25, 0.3) is 0 Å². The molecule has 0 amide bonds. The zero-order valence-corrected chi connectivity index (χ0v) is 22.3. The Morgan fingerprint density at radius 2 is 1.81 bits per heavy atom. The molecule has 1 atom stereocenters. The van der Waals surface area contributed by atoms with Crippen LogP contribution in [0.4, 0.5) is 0 Å². The number of phenolic OH excluding ortho intramolecular Hbond substituents is 1. The predicted octanol–water partition coefficient (Wildman–Crippen LogP) is 7.19. The minimum atomic E-state index is -0.198. The van der Waals surface area contributed by atoms with Gasteiger partial charge < -0.3 is 9.52 Å². The number of hydrogen-bond donors (Lipinski definition) is 1. The normalized spacial score (nSPS) is 15.6. The Morgan fingerprint density at radius 1 is 1.11 bits per heavy atom. The maximum absolute atomic E-state index is 13.7. The maximum atomic E-state index is 13.7. The molecule has 188 valence electrons. The van der Waals surface area contributed by atoms with Crippen LogP contribution in [0.5, 0.6) is 5.75 Å². The van der Waals surface area contributed by atoms with Crippen LogP contribution in [0.15, 0.2) is 51.2 Å². The molecular weight excluding hydrogens is 468 g/mol. The second-order valence-electron chi connectivity index (χ2n) is 10.1. The van der Waals surface area contributed by atoms with Crippen LogP contribution < -0.4 is 5.43 Å². The molecule has 5 rings (SSSR count). The van der Waals surface area contributed by atoms with Gasteiger partial charge in [0, 0.05) is 11.1 Å². The van der Waals surface area contributed by atoms with Crippen molar-refractivity contribution in [1.29, 1.82) is 0 Å². The van der Waals surface area contributed by atoms with Gasteiger partial charge in [-0.05, 0) is 68.0 Å². The number of aromatic hydroxyl groups is 1. The first-order valence-electron chi connectivity index (χ1n) is 13.0. The number of phenols is 1. The zero-order valence-electron chi connectivity index (χ0n) is 21.5. The van der Waals surface area contributed by atoms with Crippen LogP contribution in [-0.2, 0) is 6.42 Å². The third kappa shape index (κ3) is 4.48. The second kappa shape index (κ2) is 10.2. The lowest BCUT2D eigenvalue weighted by atomic mass is 9.89. The molecule has 2 aromatic heterocycles. The number of hydrogen-bond acceptors (Lipinski definition) is 6. The molecule has 0 saturated carbocycles. The molecule has 0 aliphatic carbocycles. The van der Waals surface area contributed by atoms with Crippen molar-refractivity contribution in [1.82, 2.24) is 9.88 Å². The van der Waals surface area contributed by atoms with E-state index >= 15 is 0 Å². The summed E-state index contributed by atoms with van der Waals surface area (Å²) in [4.78, 5) is 20.7. The molecule has 0 bridgehead atoms. The standard InChI is InChI=1S/C30H34N2O3S/c1-5-20-15-23-28(34)24(30-31-19(4)17-36-30)16-35-29(23)25(27(20)33)26(32-13-7-6-8-14-32)22-11-9-21(10-12-22)18(2)3/h9-12,15-18,26,33H,5-8,13-14H2,1-4H3/t26-/m0/s1. The summed E-state index contributed by atoms with van der Waals surface area (Å²) in [6.45, 7) is 10.2. The predicted molar refractivity (Wildman–Crippen MR) is 147 cm³/mol. The van der Waals surface area contributed by atoms with E-state index in [1.807, 2.05) is 19.2 Å². The molecule has 3 heterocycles. The molecule has 6 heteroatoms. The Balaban J connectivity index is 1.76. The van der Waals surface area contributed by atoms with Crippen molar-refractivity contribution < 1.29 is 9.52 Å². The summed E-state index contributed by atoms with van der Waals surface area (Å²) in [6, 6.07) is 10.3. The topological polar surface area (TPSA) is 66.6 Å². The number of piperidine rings is 1. The minimum absolute atomic E-state index is 0.103. The van der Waals surface area contributed by atoms with E-state index in [0.717, 1.165) is 42.8 Å². The molecule has 0 radical (unpaired) electrons. The van der Waals surface area contributed by atoms with Crippen molar-refractivity contribution >= 4 is 22.3 Å². The van der Waals surface area contributed by atoms with Crippen LogP contribution in [-0.4, -0.2) is 28.1 Å². The van der Waals surface area contributed by atoms with E-state index < -0.39 is 0 Å². The lowest BCUT2D eigenvalue weighted by molar-refractivity contribution is 0.185. The van der Waals surface area contributed by atoms with Crippen molar-refractivity contribution in [2.24, 2.45) is 0 Å². The van der Waals surface area contributed by atoms with Crippen LogP contribution in [0.2, 0.25) is 0 Å². The van der Waals surface area contributed by atoms with Crippen molar-refractivity contribution in [2.45, 2.75) is 65.3 Å². The number of aromatic nitrogens is 1. The van der Waals surface area contributed by atoms with Gasteiger partial charge in [-0.15, -0.1) is 11.3 Å². The van der Waals surface area contributed by atoms with Crippen LogP contribution in [0.3, 0.4) is 0 Å². The molecular formula is C30H34N2O3S. The van der Waals surface area contributed by atoms with Crippen molar-refractivity contribution in [3.63, 3.8) is 0 Å². The monoisotopic (exact) mass is 502 g/mol. The van der Waals surface area contributed by atoms with Gasteiger partial charge in [-0.1, -0.05) is 51.5 Å². The van der Waals surface area contributed by atoms with Gasteiger partial charge in [0.2, 0.25) is 5.43 Å². The third-order valence-electron chi connectivity index (χ3n) is 7.33. The Kier molecular flexibility index (Phi) is 7.00. The minimum Gasteiger partial charge on any atom is -0.507 e. The highest BCUT2D eigenvalue weighted by atomic mass is 32.1. The number of nitrogens with zero attached hydrogens (tertiary/aromatic N) is 2. The quantitative estimate of drug-likeness (QED) is 0.302. The van der Waals surface area contributed by atoms with E-state index in [-0.39, 0.29) is 17.2 Å². The first-order valence-corrected chi connectivity index (χ1v) is 13.8. The van der Waals surface area contributed by atoms with Gasteiger partial charge in [-0.2, -0.15) is 0 Å². The fourth-order valence-corrected chi connectivity index (χ4v) is 6.09. The van der Waals surface area contributed by atoms with Crippen molar-refractivity contribution in [2.75, 3.05) is 13.1 Å². The Hall–Kier alpha value is -2.96. The van der Waals surface area contributed by atoms with E-state index in [1.165, 1.54) is 29.6 Å². The van der Waals surface area contributed by atoms with E-state index in [4.69, 9.17) is 4.42 Å². The number of thiazole rings is 1. The molecule has 36 heavy (non-hydrogen) atoms. The second-order valence-corrected chi connectivity index (χ2v) is 11.0. The molecule has 5 nitrogen and oxygen atoms in total. The lowest BCUT2D eigenvalue weighted by Gasteiger charge is -2.36. The zero-order chi connectivity index (χ0) is 25.4. The first kappa shape index (κ1) is 24.7. The number of aryl methyl sites for hydroxylation is 2. The summed E-state index contributed by atoms with van der Waals surface area (Å²) < 4.78 is 6.23. The van der Waals surface area contributed by atoms with E-state index in [9.17, 15) is 9.90 Å². The molecule has 4 aromatic rings. The summed E-state index contributed by atoms with van der Waals surface area (Å²) in [6.07, 6.45) is 5.58. The molecule has 1 aliphatic rings. The lowest BCUT2D eigenvalue weighted by Crippen LogP contribution is -2.34. The average molecular weight is 503 g/mol. The SMILES string of the molecule is CCc1cc2c(=O)c(-c3nc(C)cs3)coc2c([C@H](c2ccc(C(C)C)cc2)N2CCCCC2)c1O. The molecule has 1 saturated heterocycles. The first-order chi connectivity index (χ1) is 17.4. The largest absolute Gasteiger partial charge is 0.507 e. The van der Waals surface area contributed by atoms with Gasteiger partial charge >= 0.3 is 0 Å². The summed E-state index contributed by atoms with van der Waals surface area (Å²) in [7, 11) is 0. The number of fused-ring (bicyclic) bond motifs is 1. The molecule has 0 unspecified atom stereocenters. The fraction of sp³-hybridized carbons (Fsp3) is 0.400. The fourth-order valence-electron chi connectivity index (χ4n) is 5.29. The summed E-state index contributed by atoms with van der Waals surface area (Å²) in [5.74, 6) is 0.672. The summed E-state index contributed by atoms with van der Waals surface area (Å²) >= 11 is 1.44. The van der Waals surface area contributed by atoms with Crippen LogP contribution in [0.25, 0.3) is 21.5 Å². The van der Waals surface area contributed by atoms with E-state index in [0.29, 0.717) is 39.4 Å². The smallest absolute Gasteiger partial charge is 0.202 e. The van der Waals surface area contributed by atoms with Crippen LogP contribution >= 0.6 is 11.3 Å². The molecule has 1 aliphatic heterocycles. The van der Waals surface area contributed by atoms with Crippen molar-refractivity contribution in [3.8, 4) is 16.3 Å². The third-order valence-corrected chi connectivity index (χ3v) is 8.32. The van der Waals surface area contributed by atoms with Crippen molar-refractivity contribution in [3.05, 3.63) is 80.1 Å². The highest BCUT2D eigenvalue weighted by molar-refractivity contribution is 7.13. The highest BCUT2D eigenvalue weighted by Gasteiger charge is 2.31. The van der Waals surface area contributed by atoms with Gasteiger partial charge in [-0.3, -0.25) is 9.69 Å². The highest BCUT2D eigenvalue weighted by Crippen LogP contribution is 2.42. The van der Waals surface area contributed by atoms with Crippen LogP contribution in [0, 0.1) is 6.92 Å². The van der Waals surface area contributed by atoms with Gasteiger partial charge in [-0.25, -0.2) is 4.98 Å². The van der Waals surface area contributed by atoms with E-state index in [2.05, 4.69) is 48.0 Å². The molecule has 1 fully saturated rings. The van der Waals surface area contributed by atoms with Gasteiger partial charge in [0.15, 0.2) is 0 Å². The van der Waals surface area contributed by atoms with Gasteiger partial charge in [0.05, 0.1) is 22.6 Å². The maximum Gasteiger partial charge on any atom is 0.202 e. The number of likely N-dealkylation sites (tertiary alicyclic amines) is 1. The average Bonchev–Trinajstić information content (AvgIpc) is 3.32. The molecule has 2 aromatic carbocycles. The van der Waals surface area contributed by atoms with E-state index in [1.54, 1.807) is 6.07 Å². The summed E-state index contributed by atoms with van der Waals surface area (Å²) in [5, 5.41) is 14.7. The number of rotatable bonds is 6. The molecule has 0 spiro atoms. The van der Waals surface area contributed by atoms with Gasteiger partial charge in [0.1, 0.15) is 22.6 Å². The Morgan fingerprint density at radius 3 is 2.42 bits per heavy atom. The summed E-state index contributed by atoms with van der Waals surface area (Å²) in [5.41, 5.74) is 5.56. The number of benzene rings is 2. The Labute approximate surface area is 216 Å². The van der Waals surface area contributed by atoms with Crippen LogP contribution in [0.1, 0.15) is 79.9 Å². The Bertz CT molecular complexity index is 1430.